The van der Waals surface area contributed by atoms with Crippen LogP contribution in [0.5, 0.6) is 11.5 Å². The average Bonchev–Trinajstić information content (AvgIpc) is 2.61. The molecule has 0 bridgehead atoms. The lowest BCUT2D eigenvalue weighted by Crippen LogP contribution is -2.31. The number of anilines is 1. The molecule has 0 saturated heterocycles. The second-order valence-electron chi connectivity index (χ2n) is 5.33. The van der Waals surface area contributed by atoms with Crippen LogP contribution in [0.4, 0.5) is 5.69 Å². The lowest BCUT2D eigenvalue weighted by Gasteiger charge is -2.16. The van der Waals surface area contributed by atoms with Crippen LogP contribution >= 0.6 is 0 Å². The number of rotatable bonds is 7. The topological polar surface area (TPSA) is 69.6 Å². The molecule has 1 heterocycles. The summed E-state index contributed by atoms with van der Waals surface area (Å²) in [6.07, 6.45) is 2.39. The van der Waals surface area contributed by atoms with Gasteiger partial charge in [0.1, 0.15) is 11.8 Å². The minimum atomic E-state index is -0.662. The van der Waals surface area contributed by atoms with Gasteiger partial charge in [0, 0.05) is 11.9 Å². The quantitative estimate of drug-likeness (QED) is 0.847. The van der Waals surface area contributed by atoms with Crippen molar-refractivity contribution < 1.29 is 14.3 Å². The molecule has 1 amide bonds. The van der Waals surface area contributed by atoms with Crippen LogP contribution in [0.1, 0.15) is 26.3 Å². The first-order chi connectivity index (χ1) is 11.6. The zero-order chi connectivity index (χ0) is 17.5. The van der Waals surface area contributed by atoms with E-state index in [1.165, 1.54) is 4.57 Å². The van der Waals surface area contributed by atoms with Crippen LogP contribution in [0.25, 0.3) is 0 Å². The Morgan fingerprint density at radius 1 is 1.25 bits per heavy atom. The molecule has 0 saturated carbocycles. The van der Waals surface area contributed by atoms with Crippen LogP contribution < -0.4 is 20.3 Å². The molecule has 24 heavy (non-hydrogen) atoms. The molecule has 1 atom stereocenters. The van der Waals surface area contributed by atoms with E-state index in [0.717, 1.165) is 6.42 Å². The lowest BCUT2D eigenvalue weighted by molar-refractivity contribution is -0.118. The smallest absolute Gasteiger partial charge is 0.293 e. The number of nitrogens with one attached hydrogen (secondary N) is 1. The molecular weight excluding hydrogens is 308 g/mol. The summed E-state index contributed by atoms with van der Waals surface area (Å²) < 4.78 is 11.9. The molecule has 0 spiro atoms. The van der Waals surface area contributed by atoms with E-state index in [9.17, 15) is 9.59 Å². The monoisotopic (exact) mass is 330 g/mol. The van der Waals surface area contributed by atoms with E-state index >= 15 is 0 Å². The summed E-state index contributed by atoms with van der Waals surface area (Å²) >= 11 is 0. The fraction of sp³-hybridized carbons (Fsp3) is 0.333. The number of nitrogens with zero attached hydrogens (tertiary/aromatic N) is 1. The molecule has 0 aliphatic heterocycles. The van der Waals surface area contributed by atoms with Crippen LogP contribution in [0, 0.1) is 0 Å². The van der Waals surface area contributed by atoms with Gasteiger partial charge in [-0.2, -0.15) is 0 Å². The van der Waals surface area contributed by atoms with Crippen LogP contribution in [0.2, 0.25) is 0 Å². The van der Waals surface area contributed by atoms with Crippen molar-refractivity contribution in [1.82, 2.24) is 4.57 Å². The Hall–Kier alpha value is -2.76. The first-order valence-corrected chi connectivity index (χ1v) is 7.85. The second kappa shape index (κ2) is 8.19. The Bertz CT molecular complexity index is 737. The number of benzene rings is 1. The van der Waals surface area contributed by atoms with Crippen LogP contribution in [0.3, 0.4) is 0 Å². The molecular formula is C18H22N2O4. The Morgan fingerprint density at radius 2 is 1.96 bits per heavy atom. The van der Waals surface area contributed by atoms with Gasteiger partial charge in [0.25, 0.3) is 5.56 Å². The van der Waals surface area contributed by atoms with E-state index in [1.54, 1.807) is 56.6 Å². The van der Waals surface area contributed by atoms with Gasteiger partial charge in [0.15, 0.2) is 5.75 Å². The minimum absolute atomic E-state index is 0.253. The molecule has 2 rings (SSSR count). The van der Waals surface area contributed by atoms with E-state index in [0.29, 0.717) is 18.0 Å². The zero-order valence-electron chi connectivity index (χ0n) is 14.1. The number of ether oxygens (including phenoxy) is 2. The highest BCUT2D eigenvalue weighted by Crippen LogP contribution is 2.17. The van der Waals surface area contributed by atoms with Gasteiger partial charge in [0.05, 0.1) is 13.7 Å². The predicted molar refractivity (Wildman–Crippen MR) is 92.8 cm³/mol. The van der Waals surface area contributed by atoms with Crippen molar-refractivity contribution in [3.8, 4) is 11.5 Å². The minimum Gasteiger partial charge on any atom is -0.497 e. The van der Waals surface area contributed by atoms with Gasteiger partial charge in [-0.1, -0.05) is 6.92 Å². The van der Waals surface area contributed by atoms with Crippen molar-refractivity contribution in [2.75, 3.05) is 19.0 Å². The number of aromatic nitrogens is 1. The molecule has 1 aromatic heterocycles. The third-order valence-electron chi connectivity index (χ3n) is 3.56. The van der Waals surface area contributed by atoms with Gasteiger partial charge < -0.3 is 19.4 Å². The second-order valence-corrected chi connectivity index (χ2v) is 5.33. The lowest BCUT2D eigenvalue weighted by atomic mass is 10.2. The highest BCUT2D eigenvalue weighted by Gasteiger charge is 2.17. The molecule has 6 nitrogen and oxygen atoms in total. The normalized spacial score (nSPS) is 11.6. The molecule has 0 aliphatic carbocycles. The summed E-state index contributed by atoms with van der Waals surface area (Å²) in [7, 11) is 1.58. The maximum atomic E-state index is 12.4. The van der Waals surface area contributed by atoms with E-state index in [2.05, 4.69) is 5.32 Å². The van der Waals surface area contributed by atoms with Crippen LogP contribution in [0.15, 0.2) is 47.4 Å². The van der Waals surface area contributed by atoms with Crippen LogP contribution in [-0.4, -0.2) is 24.2 Å². The maximum Gasteiger partial charge on any atom is 0.293 e. The molecule has 1 unspecified atom stereocenters. The molecule has 6 heteroatoms. The summed E-state index contributed by atoms with van der Waals surface area (Å²) in [5.41, 5.74) is 0.322. The zero-order valence-corrected chi connectivity index (χ0v) is 14.1. The first kappa shape index (κ1) is 17.6. The van der Waals surface area contributed by atoms with E-state index in [-0.39, 0.29) is 17.2 Å². The van der Waals surface area contributed by atoms with Gasteiger partial charge in [0.2, 0.25) is 5.91 Å². The Kier molecular flexibility index (Phi) is 6.01. The number of hydrogen-bond acceptors (Lipinski definition) is 4. The van der Waals surface area contributed by atoms with Crippen molar-refractivity contribution in [3.63, 3.8) is 0 Å². The fourth-order valence-electron chi connectivity index (χ4n) is 2.16. The number of amides is 1. The predicted octanol–water partition coefficient (Wildman–Crippen LogP) is 2.85. The van der Waals surface area contributed by atoms with Gasteiger partial charge in [-0.05, 0) is 49.7 Å². The van der Waals surface area contributed by atoms with Crippen molar-refractivity contribution in [3.05, 3.63) is 52.9 Å². The molecule has 1 aromatic carbocycles. The average molecular weight is 330 g/mol. The number of methoxy groups -OCH3 is 1. The molecule has 2 aromatic rings. The van der Waals surface area contributed by atoms with E-state index in [1.807, 2.05) is 6.92 Å². The molecule has 128 valence electrons. The maximum absolute atomic E-state index is 12.4. The highest BCUT2D eigenvalue weighted by atomic mass is 16.5. The van der Waals surface area contributed by atoms with Crippen LogP contribution in [-0.2, 0) is 4.79 Å². The van der Waals surface area contributed by atoms with Crippen molar-refractivity contribution in [1.29, 1.82) is 0 Å². The standard InChI is InChI=1S/C18H22N2O4/c1-4-12-24-16-6-5-11-20(18(16)22)13(2)17(21)19-14-7-9-15(23-3)10-8-14/h5-11,13H,4,12H2,1-3H3,(H,19,21). The number of hydrogen-bond donors (Lipinski definition) is 1. The fourth-order valence-corrected chi connectivity index (χ4v) is 2.16. The highest BCUT2D eigenvalue weighted by molar-refractivity contribution is 5.93. The van der Waals surface area contributed by atoms with E-state index < -0.39 is 6.04 Å². The largest absolute Gasteiger partial charge is 0.497 e. The molecule has 0 aliphatic rings. The third-order valence-corrected chi connectivity index (χ3v) is 3.56. The van der Waals surface area contributed by atoms with Gasteiger partial charge >= 0.3 is 0 Å². The van der Waals surface area contributed by atoms with Crippen molar-refractivity contribution in [2.45, 2.75) is 26.3 Å². The van der Waals surface area contributed by atoms with Gasteiger partial charge in [-0.3, -0.25) is 9.59 Å². The SMILES string of the molecule is CCCOc1cccn(C(C)C(=O)Nc2ccc(OC)cc2)c1=O. The molecule has 0 fully saturated rings. The molecule has 0 radical (unpaired) electrons. The summed E-state index contributed by atoms with van der Waals surface area (Å²) in [5.74, 6) is 0.677. The first-order valence-electron chi connectivity index (χ1n) is 7.85. The number of carbonyl (C=O) groups is 1. The van der Waals surface area contributed by atoms with Crippen molar-refractivity contribution in [2.24, 2.45) is 0 Å². The number of pyridine rings is 1. The number of carbonyl (C=O) groups excluding carboxylic acids is 1. The Balaban J connectivity index is 2.13. The summed E-state index contributed by atoms with van der Waals surface area (Å²) in [4.78, 5) is 24.8. The summed E-state index contributed by atoms with van der Waals surface area (Å²) in [6, 6.07) is 9.65. The van der Waals surface area contributed by atoms with Gasteiger partial charge in [-0.15, -0.1) is 0 Å². The van der Waals surface area contributed by atoms with Crippen molar-refractivity contribution >= 4 is 11.6 Å². The Labute approximate surface area is 141 Å². The van der Waals surface area contributed by atoms with Gasteiger partial charge in [-0.25, -0.2) is 0 Å². The Morgan fingerprint density at radius 3 is 2.58 bits per heavy atom. The third kappa shape index (κ3) is 4.16. The molecule has 1 N–H and O–H groups in total. The summed E-state index contributed by atoms with van der Waals surface area (Å²) in [6.45, 7) is 4.10. The summed E-state index contributed by atoms with van der Waals surface area (Å²) in [5, 5.41) is 2.79. The van der Waals surface area contributed by atoms with E-state index in [4.69, 9.17) is 9.47 Å².